The Morgan fingerprint density at radius 2 is 1.96 bits per heavy atom. The molecule has 0 spiro atoms. The fraction of sp³-hybridized carbons (Fsp3) is 0.474. The number of amides is 2. The molecule has 7 heteroatoms. The summed E-state index contributed by atoms with van der Waals surface area (Å²) in [6.07, 6.45) is 2.40. The van der Waals surface area contributed by atoms with E-state index in [2.05, 4.69) is 21.6 Å². The number of nitrogens with one attached hydrogen (secondary N) is 1. The summed E-state index contributed by atoms with van der Waals surface area (Å²) < 4.78 is 0. The third-order valence-electron chi connectivity index (χ3n) is 4.55. The Bertz CT molecular complexity index is 797. The van der Waals surface area contributed by atoms with Gasteiger partial charge in [0.1, 0.15) is 5.01 Å². The van der Waals surface area contributed by atoms with Crippen molar-refractivity contribution >= 4 is 28.3 Å². The van der Waals surface area contributed by atoms with E-state index in [-0.39, 0.29) is 17.7 Å². The molecule has 1 aliphatic heterocycles. The minimum absolute atomic E-state index is 0.00140. The summed E-state index contributed by atoms with van der Waals surface area (Å²) in [6.45, 7) is 7.11. The molecule has 6 nitrogen and oxygen atoms in total. The number of nitrogens with zero attached hydrogens (tertiary/aromatic N) is 3. The number of piperidine rings is 1. The van der Waals surface area contributed by atoms with E-state index in [9.17, 15) is 9.59 Å². The van der Waals surface area contributed by atoms with E-state index < -0.39 is 0 Å². The van der Waals surface area contributed by atoms with Crippen LogP contribution in [0.15, 0.2) is 18.2 Å². The van der Waals surface area contributed by atoms with Gasteiger partial charge in [0.05, 0.1) is 5.92 Å². The first kappa shape index (κ1) is 18.5. The quantitative estimate of drug-likeness (QED) is 0.894. The summed E-state index contributed by atoms with van der Waals surface area (Å²) >= 11 is 1.40. The second-order valence-corrected chi connectivity index (χ2v) is 7.87. The number of rotatable bonds is 4. The molecule has 1 N–H and O–H groups in total. The zero-order chi connectivity index (χ0) is 18.7. The third kappa shape index (κ3) is 4.27. The van der Waals surface area contributed by atoms with Crippen LogP contribution in [0.5, 0.6) is 0 Å². The largest absolute Gasteiger partial charge is 0.338 e. The standard InChI is InChI=1S/C19H24N4O2S/c1-4-16-21-22-19(26-16)20-17(24)14-6-5-7-23(11-14)18(25)15-9-12(2)8-13(3)10-15/h8-10,14H,4-7,11H2,1-3H3,(H,20,22,24). The van der Waals surface area contributed by atoms with Crippen LogP contribution in [0.3, 0.4) is 0 Å². The van der Waals surface area contributed by atoms with E-state index in [0.29, 0.717) is 23.8 Å². The number of hydrogen-bond donors (Lipinski definition) is 1. The normalized spacial score (nSPS) is 17.2. The summed E-state index contributed by atoms with van der Waals surface area (Å²) in [7, 11) is 0. The number of benzene rings is 1. The van der Waals surface area contributed by atoms with Gasteiger partial charge in [-0.2, -0.15) is 0 Å². The average molecular weight is 372 g/mol. The summed E-state index contributed by atoms with van der Waals surface area (Å²) in [4.78, 5) is 27.2. The summed E-state index contributed by atoms with van der Waals surface area (Å²) in [5.74, 6) is -0.298. The van der Waals surface area contributed by atoms with Crippen LogP contribution in [0.2, 0.25) is 0 Å². The van der Waals surface area contributed by atoms with Crippen LogP contribution < -0.4 is 5.32 Å². The van der Waals surface area contributed by atoms with E-state index in [1.807, 2.05) is 32.9 Å². The molecule has 1 aliphatic rings. The molecule has 0 radical (unpaired) electrons. The van der Waals surface area contributed by atoms with Crippen molar-refractivity contribution in [3.8, 4) is 0 Å². The van der Waals surface area contributed by atoms with Gasteiger partial charge in [-0.3, -0.25) is 9.59 Å². The van der Waals surface area contributed by atoms with Crippen molar-refractivity contribution in [2.45, 2.75) is 40.0 Å². The Hall–Kier alpha value is -2.28. The molecule has 0 saturated carbocycles. The van der Waals surface area contributed by atoms with Crippen LogP contribution in [-0.4, -0.2) is 40.0 Å². The predicted molar refractivity (Wildman–Crippen MR) is 102 cm³/mol. The molecule has 2 heterocycles. The van der Waals surface area contributed by atoms with E-state index in [1.54, 1.807) is 4.90 Å². The SMILES string of the molecule is CCc1nnc(NC(=O)C2CCCN(C(=O)c3cc(C)cc(C)c3)C2)s1. The molecule has 0 aliphatic carbocycles. The molecule has 1 atom stereocenters. The molecule has 0 bridgehead atoms. The fourth-order valence-corrected chi connectivity index (χ4v) is 3.99. The van der Waals surface area contributed by atoms with Gasteiger partial charge in [-0.15, -0.1) is 10.2 Å². The van der Waals surface area contributed by atoms with E-state index in [0.717, 1.165) is 35.4 Å². The summed E-state index contributed by atoms with van der Waals surface area (Å²) in [5.41, 5.74) is 2.84. The van der Waals surface area contributed by atoms with Gasteiger partial charge in [-0.1, -0.05) is 35.5 Å². The molecule has 1 aromatic carbocycles. The fourth-order valence-electron chi connectivity index (χ4n) is 3.31. The van der Waals surface area contributed by atoms with Crippen LogP contribution in [0.1, 0.15) is 46.3 Å². The monoisotopic (exact) mass is 372 g/mol. The average Bonchev–Trinajstić information content (AvgIpc) is 3.08. The highest BCUT2D eigenvalue weighted by Crippen LogP contribution is 2.22. The van der Waals surface area contributed by atoms with Crippen molar-refractivity contribution in [1.82, 2.24) is 15.1 Å². The Morgan fingerprint density at radius 1 is 1.23 bits per heavy atom. The summed E-state index contributed by atoms with van der Waals surface area (Å²) in [6, 6.07) is 5.87. The molecular formula is C19H24N4O2S. The molecule has 2 amide bonds. The van der Waals surface area contributed by atoms with E-state index in [4.69, 9.17) is 0 Å². The lowest BCUT2D eigenvalue weighted by molar-refractivity contribution is -0.121. The summed E-state index contributed by atoms with van der Waals surface area (Å²) in [5, 5.41) is 12.3. The second kappa shape index (κ2) is 7.95. The van der Waals surface area contributed by atoms with Crippen molar-refractivity contribution in [3.05, 3.63) is 39.9 Å². The zero-order valence-electron chi connectivity index (χ0n) is 15.4. The van der Waals surface area contributed by atoms with Crippen LogP contribution >= 0.6 is 11.3 Å². The smallest absolute Gasteiger partial charge is 0.253 e. The first-order valence-corrected chi connectivity index (χ1v) is 9.78. The number of carbonyl (C=O) groups excluding carboxylic acids is 2. The molecular weight excluding hydrogens is 348 g/mol. The van der Waals surface area contributed by atoms with Crippen LogP contribution in [-0.2, 0) is 11.2 Å². The number of anilines is 1. The van der Waals surface area contributed by atoms with Gasteiger partial charge in [0.15, 0.2) is 0 Å². The lowest BCUT2D eigenvalue weighted by Crippen LogP contribution is -2.43. The zero-order valence-corrected chi connectivity index (χ0v) is 16.2. The Morgan fingerprint density at radius 3 is 2.62 bits per heavy atom. The lowest BCUT2D eigenvalue weighted by atomic mass is 9.96. The predicted octanol–water partition coefficient (Wildman–Crippen LogP) is 3.21. The second-order valence-electron chi connectivity index (χ2n) is 6.81. The number of aromatic nitrogens is 2. The molecule has 26 heavy (non-hydrogen) atoms. The number of carbonyl (C=O) groups is 2. The maximum absolute atomic E-state index is 12.8. The van der Waals surface area contributed by atoms with Crippen LogP contribution in [0, 0.1) is 19.8 Å². The lowest BCUT2D eigenvalue weighted by Gasteiger charge is -2.32. The van der Waals surface area contributed by atoms with E-state index in [1.165, 1.54) is 11.3 Å². The van der Waals surface area contributed by atoms with Gasteiger partial charge in [-0.25, -0.2) is 0 Å². The first-order valence-electron chi connectivity index (χ1n) is 8.97. The van der Waals surface area contributed by atoms with E-state index >= 15 is 0 Å². The third-order valence-corrected chi connectivity index (χ3v) is 5.53. The minimum atomic E-state index is -0.215. The highest BCUT2D eigenvalue weighted by Gasteiger charge is 2.29. The van der Waals surface area contributed by atoms with Crippen molar-refractivity contribution in [3.63, 3.8) is 0 Å². The maximum atomic E-state index is 12.8. The van der Waals surface area contributed by atoms with Crippen LogP contribution in [0.25, 0.3) is 0 Å². The topological polar surface area (TPSA) is 75.2 Å². The Balaban J connectivity index is 1.66. The molecule has 1 fully saturated rings. The van der Waals surface area contributed by atoms with Crippen LogP contribution in [0.4, 0.5) is 5.13 Å². The Kier molecular flexibility index (Phi) is 5.66. The number of hydrogen-bond acceptors (Lipinski definition) is 5. The highest BCUT2D eigenvalue weighted by atomic mass is 32.1. The van der Waals surface area contributed by atoms with Gasteiger partial charge >= 0.3 is 0 Å². The van der Waals surface area contributed by atoms with Gasteiger partial charge in [0, 0.05) is 18.7 Å². The van der Waals surface area contributed by atoms with Crippen molar-refractivity contribution in [2.24, 2.45) is 5.92 Å². The Labute approximate surface area is 157 Å². The molecule has 3 rings (SSSR count). The molecule has 138 valence electrons. The maximum Gasteiger partial charge on any atom is 0.253 e. The first-order chi connectivity index (χ1) is 12.5. The van der Waals surface area contributed by atoms with Gasteiger partial charge < -0.3 is 10.2 Å². The van der Waals surface area contributed by atoms with Gasteiger partial charge in [0.25, 0.3) is 5.91 Å². The number of likely N-dealkylation sites (tertiary alicyclic amines) is 1. The molecule has 1 saturated heterocycles. The van der Waals surface area contributed by atoms with Crippen molar-refractivity contribution < 1.29 is 9.59 Å². The molecule has 1 aromatic heterocycles. The molecule has 1 unspecified atom stereocenters. The molecule has 2 aromatic rings. The van der Waals surface area contributed by atoms with Crippen molar-refractivity contribution in [1.29, 1.82) is 0 Å². The number of aryl methyl sites for hydroxylation is 3. The van der Waals surface area contributed by atoms with Crippen molar-refractivity contribution in [2.75, 3.05) is 18.4 Å². The van der Waals surface area contributed by atoms with Gasteiger partial charge in [0.2, 0.25) is 11.0 Å². The minimum Gasteiger partial charge on any atom is -0.338 e. The highest BCUT2D eigenvalue weighted by molar-refractivity contribution is 7.15. The van der Waals surface area contributed by atoms with Gasteiger partial charge in [-0.05, 0) is 45.2 Å².